The second-order valence-corrected chi connectivity index (χ2v) is 4.32. The predicted octanol–water partition coefficient (Wildman–Crippen LogP) is 2.66. The van der Waals surface area contributed by atoms with Gasteiger partial charge >= 0.3 is 0 Å². The standard InChI is InChI=1S/C15H15N3O/c1-2-12(7-9-16)18-15(19)14-13-6-4-3-5-11(13)8-10-17-14/h3-6,8,10,12H,2,7H2,1H3,(H,18,19). The molecule has 1 amide bonds. The third-order valence-electron chi connectivity index (χ3n) is 3.05. The SMILES string of the molecule is CCC(CC#N)NC(=O)c1nccc2ccccc12. The lowest BCUT2D eigenvalue weighted by atomic mass is 10.1. The van der Waals surface area contributed by atoms with Crippen LogP contribution in [0.5, 0.6) is 0 Å². The molecule has 4 nitrogen and oxygen atoms in total. The zero-order valence-corrected chi connectivity index (χ0v) is 10.8. The number of nitrogens with zero attached hydrogens (tertiary/aromatic N) is 2. The fraction of sp³-hybridized carbons (Fsp3) is 0.267. The lowest BCUT2D eigenvalue weighted by Gasteiger charge is -2.13. The molecule has 0 saturated heterocycles. The van der Waals surface area contributed by atoms with Crippen molar-refractivity contribution >= 4 is 16.7 Å². The van der Waals surface area contributed by atoms with Crippen molar-refractivity contribution in [3.05, 3.63) is 42.2 Å². The van der Waals surface area contributed by atoms with Gasteiger partial charge in [0.2, 0.25) is 0 Å². The molecule has 4 heteroatoms. The largest absolute Gasteiger partial charge is 0.347 e. The Bertz CT molecular complexity index is 625. The molecule has 0 aliphatic heterocycles. The summed E-state index contributed by atoms with van der Waals surface area (Å²) in [5.74, 6) is -0.223. The van der Waals surface area contributed by atoms with E-state index in [2.05, 4.69) is 16.4 Å². The van der Waals surface area contributed by atoms with Gasteiger partial charge in [-0.15, -0.1) is 0 Å². The summed E-state index contributed by atoms with van der Waals surface area (Å²) >= 11 is 0. The Hall–Kier alpha value is -2.41. The first-order valence-electron chi connectivity index (χ1n) is 6.27. The van der Waals surface area contributed by atoms with E-state index in [1.807, 2.05) is 37.3 Å². The molecule has 1 N–H and O–H groups in total. The molecule has 2 aromatic rings. The molecule has 1 unspecified atom stereocenters. The van der Waals surface area contributed by atoms with Crippen molar-refractivity contribution in [2.75, 3.05) is 0 Å². The van der Waals surface area contributed by atoms with Crippen LogP contribution in [-0.2, 0) is 0 Å². The van der Waals surface area contributed by atoms with Crippen molar-refractivity contribution in [2.24, 2.45) is 0 Å². The molecule has 96 valence electrons. The van der Waals surface area contributed by atoms with Crippen molar-refractivity contribution in [3.8, 4) is 6.07 Å². The van der Waals surface area contributed by atoms with Crippen molar-refractivity contribution in [2.45, 2.75) is 25.8 Å². The van der Waals surface area contributed by atoms with Crippen LogP contribution in [0, 0.1) is 11.3 Å². The lowest BCUT2D eigenvalue weighted by molar-refractivity contribution is 0.0933. The van der Waals surface area contributed by atoms with Gasteiger partial charge in [0.25, 0.3) is 5.91 Å². The average molecular weight is 253 g/mol. The third-order valence-corrected chi connectivity index (χ3v) is 3.05. The van der Waals surface area contributed by atoms with Crippen LogP contribution in [0.25, 0.3) is 10.8 Å². The number of nitrogens with one attached hydrogen (secondary N) is 1. The Balaban J connectivity index is 2.29. The normalized spacial score (nSPS) is 11.8. The highest BCUT2D eigenvalue weighted by molar-refractivity contribution is 6.05. The number of nitriles is 1. The predicted molar refractivity (Wildman–Crippen MR) is 73.5 cm³/mol. The average Bonchev–Trinajstić information content (AvgIpc) is 2.46. The van der Waals surface area contributed by atoms with Gasteiger partial charge in [0.15, 0.2) is 0 Å². The van der Waals surface area contributed by atoms with Gasteiger partial charge in [0, 0.05) is 17.6 Å². The molecule has 0 aliphatic rings. The number of benzene rings is 1. The van der Waals surface area contributed by atoms with Gasteiger partial charge in [-0.25, -0.2) is 0 Å². The minimum absolute atomic E-state index is 0.127. The van der Waals surface area contributed by atoms with Crippen molar-refractivity contribution in [3.63, 3.8) is 0 Å². The number of pyridine rings is 1. The molecule has 0 radical (unpaired) electrons. The smallest absolute Gasteiger partial charge is 0.270 e. The topological polar surface area (TPSA) is 65.8 Å². The Morgan fingerprint density at radius 1 is 1.42 bits per heavy atom. The second kappa shape index (κ2) is 5.96. The van der Waals surface area contributed by atoms with Crippen LogP contribution in [0.4, 0.5) is 0 Å². The number of hydrogen-bond donors (Lipinski definition) is 1. The highest BCUT2D eigenvalue weighted by Crippen LogP contribution is 2.16. The monoisotopic (exact) mass is 253 g/mol. The zero-order chi connectivity index (χ0) is 13.7. The molecule has 0 fully saturated rings. The Morgan fingerprint density at radius 2 is 2.21 bits per heavy atom. The maximum atomic E-state index is 12.2. The van der Waals surface area contributed by atoms with E-state index in [0.717, 1.165) is 17.2 Å². The highest BCUT2D eigenvalue weighted by atomic mass is 16.1. The summed E-state index contributed by atoms with van der Waals surface area (Å²) in [6.07, 6.45) is 2.67. The van der Waals surface area contributed by atoms with Crippen LogP contribution in [0.1, 0.15) is 30.3 Å². The van der Waals surface area contributed by atoms with Crippen LogP contribution in [-0.4, -0.2) is 16.9 Å². The fourth-order valence-electron chi connectivity index (χ4n) is 1.96. The first-order chi connectivity index (χ1) is 9.26. The summed E-state index contributed by atoms with van der Waals surface area (Å²) in [6, 6.07) is 11.5. The molecule has 1 atom stereocenters. The van der Waals surface area contributed by atoms with Crippen LogP contribution in [0.2, 0.25) is 0 Å². The van der Waals surface area contributed by atoms with E-state index >= 15 is 0 Å². The molecular weight excluding hydrogens is 238 g/mol. The maximum absolute atomic E-state index is 12.2. The Morgan fingerprint density at radius 3 is 2.95 bits per heavy atom. The summed E-state index contributed by atoms with van der Waals surface area (Å²) in [5.41, 5.74) is 0.412. The molecule has 0 saturated carbocycles. The minimum atomic E-state index is -0.223. The van der Waals surface area contributed by atoms with Gasteiger partial charge in [-0.1, -0.05) is 31.2 Å². The summed E-state index contributed by atoms with van der Waals surface area (Å²) in [7, 11) is 0. The van der Waals surface area contributed by atoms with Crippen LogP contribution in [0.3, 0.4) is 0 Å². The first kappa shape index (κ1) is 13.0. The molecule has 0 bridgehead atoms. The summed E-state index contributed by atoms with van der Waals surface area (Å²) in [4.78, 5) is 16.4. The molecule has 1 aromatic heterocycles. The van der Waals surface area contributed by atoms with Gasteiger partial charge in [0.1, 0.15) is 5.69 Å². The molecule has 0 spiro atoms. The van der Waals surface area contributed by atoms with Crippen molar-refractivity contribution in [1.29, 1.82) is 5.26 Å². The maximum Gasteiger partial charge on any atom is 0.270 e. The van der Waals surface area contributed by atoms with E-state index in [0.29, 0.717) is 12.1 Å². The number of rotatable bonds is 4. The number of amides is 1. The Kier molecular flexibility index (Phi) is 4.09. The first-order valence-corrected chi connectivity index (χ1v) is 6.27. The van der Waals surface area contributed by atoms with Gasteiger partial charge < -0.3 is 5.32 Å². The number of aromatic nitrogens is 1. The number of carbonyl (C=O) groups is 1. The van der Waals surface area contributed by atoms with E-state index in [1.54, 1.807) is 6.20 Å². The van der Waals surface area contributed by atoms with E-state index in [9.17, 15) is 4.79 Å². The summed E-state index contributed by atoms with van der Waals surface area (Å²) in [6.45, 7) is 1.94. The molecular formula is C15H15N3O. The van der Waals surface area contributed by atoms with Crippen LogP contribution < -0.4 is 5.32 Å². The molecule has 0 aliphatic carbocycles. The van der Waals surface area contributed by atoms with Gasteiger partial charge in [-0.2, -0.15) is 5.26 Å². The molecule has 1 heterocycles. The number of carbonyl (C=O) groups excluding carboxylic acids is 1. The second-order valence-electron chi connectivity index (χ2n) is 4.32. The molecule has 19 heavy (non-hydrogen) atoms. The summed E-state index contributed by atoms with van der Waals surface area (Å²) in [5, 5.41) is 13.4. The number of fused-ring (bicyclic) bond motifs is 1. The van der Waals surface area contributed by atoms with Crippen LogP contribution >= 0.6 is 0 Å². The van der Waals surface area contributed by atoms with Gasteiger partial charge in [-0.05, 0) is 17.9 Å². The summed E-state index contributed by atoms with van der Waals surface area (Å²) < 4.78 is 0. The zero-order valence-electron chi connectivity index (χ0n) is 10.8. The van der Waals surface area contributed by atoms with E-state index < -0.39 is 0 Å². The molecule has 2 rings (SSSR count). The van der Waals surface area contributed by atoms with E-state index in [1.165, 1.54) is 0 Å². The van der Waals surface area contributed by atoms with Gasteiger partial charge in [-0.3, -0.25) is 9.78 Å². The molecule has 1 aromatic carbocycles. The lowest BCUT2D eigenvalue weighted by Crippen LogP contribution is -2.34. The van der Waals surface area contributed by atoms with E-state index in [4.69, 9.17) is 5.26 Å². The fourth-order valence-corrected chi connectivity index (χ4v) is 1.96. The van der Waals surface area contributed by atoms with Crippen molar-refractivity contribution < 1.29 is 4.79 Å². The van der Waals surface area contributed by atoms with Crippen LogP contribution in [0.15, 0.2) is 36.5 Å². The van der Waals surface area contributed by atoms with E-state index in [-0.39, 0.29) is 11.9 Å². The number of hydrogen-bond acceptors (Lipinski definition) is 3. The minimum Gasteiger partial charge on any atom is -0.347 e. The highest BCUT2D eigenvalue weighted by Gasteiger charge is 2.15. The van der Waals surface area contributed by atoms with Gasteiger partial charge in [0.05, 0.1) is 12.5 Å². The van der Waals surface area contributed by atoms with Crippen molar-refractivity contribution in [1.82, 2.24) is 10.3 Å². The quantitative estimate of drug-likeness (QED) is 0.910. The Labute approximate surface area is 112 Å². The third kappa shape index (κ3) is 2.89.